The molecule has 5 rings (SSSR count). The minimum absolute atomic E-state index is 0.499. The van der Waals surface area contributed by atoms with Crippen LogP contribution in [0.25, 0.3) is 10.9 Å². The molecule has 3 aromatic carbocycles. The fraction of sp³-hybridized carbons (Fsp3) is 0. The number of H-pyrrole nitrogens is 1. The molecular weight excluding hydrogens is 527 g/mol. The SMILES string of the molecule is O=S1(=O)c2cccc[c]2[Bi]([c]2cccc3[nH]ccc23)[c]2ccccc21. The summed E-state index contributed by atoms with van der Waals surface area (Å²) in [6.45, 7) is 0. The molecule has 0 radical (unpaired) electrons. The van der Waals surface area contributed by atoms with Gasteiger partial charge < -0.3 is 0 Å². The van der Waals surface area contributed by atoms with Gasteiger partial charge in [0.05, 0.1) is 0 Å². The van der Waals surface area contributed by atoms with Crippen LogP contribution in [-0.2, 0) is 9.84 Å². The fourth-order valence-electron chi connectivity index (χ4n) is 3.51. The Morgan fingerprint density at radius 3 is 1.96 bits per heavy atom. The van der Waals surface area contributed by atoms with E-state index in [2.05, 4.69) is 29.2 Å². The van der Waals surface area contributed by atoms with E-state index in [1.54, 1.807) is 12.1 Å². The van der Waals surface area contributed by atoms with Crippen LogP contribution in [0.5, 0.6) is 0 Å². The first kappa shape index (κ1) is 15.3. The number of hydrogen-bond donors (Lipinski definition) is 1. The number of benzene rings is 3. The third-order valence-corrected chi connectivity index (χ3v) is 17.9. The summed E-state index contributed by atoms with van der Waals surface area (Å²) in [6, 6.07) is 23.6. The van der Waals surface area contributed by atoms with Crippen molar-refractivity contribution in [3.8, 4) is 0 Å². The van der Waals surface area contributed by atoms with Crippen molar-refractivity contribution in [2.45, 2.75) is 9.79 Å². The molecule has 0 aliphatic carbocycles. The maximum atomic E-state index is 13.1. The molecule has 2 heterocycles. The van der Waals surface area contributed by atoms with Crippen molar-refractivity contribution in [1.82, 2.24) is 4.98 Å². The number of aromatic nitrogens is 1. The van der Waals surface area contributed by atoms with E-state index < -0.39 is 31.6 Å². The first-order valence-electron chi connectivity index (χ1n) is 7.97. The first-order valence-corrected chi connectivity index (χ1v) is 14.7. The number of sulfone groups is 1. The Hall–Kier alpha value is -1.97. The summed E-state index contributed by atoms with van der Waals surface area (Å²) in [6.07, 6.45) is 1.95. The Labute approximate surface area is 153 Å². The summed E-state index contributed by atoms with van der Waals surface area (Å²) in [5.74, 6) is 0. The Morgan fingerprint density at radius 1 is 0.680 bits per heavy atom. The average Bonchev–Trinajstić information content (AvgIpc) is 3.12. The topological polar surface area (TPSA) is 49.9 Å². The van der Waals surface area contributed by atoms with Gasteiger partial charge in [0.15, 0.2) is 0 Å². The predicted octanol–water partition coefficient (Wildman–Crippen LogP) is 1.83. The van der Waals surface area contributed by atoms with Crippen LogP contribution < -0.4 is 9.81 Å². The van der Waals surface area contributed by atoms with Gasteiger partial charge in [0.1, 0.15) is 0 Å². The van der Waals surface area contributed by atoms with Crippen molar-refractivity contribution in [3.63, 3.8) is 0 Å². The molecule has 0 bridgehead atoms. The van der Waals surface area contributed by atoms with Crippen molar-refractivity contribution in [2.75, 3.05) is 0 Å². The monoisotopic (exact) mass is 541 g/mol. The molecule has 0 amide bonds. The van der Waals surface area contributed by atoms with Crippen molar-refractivity contribution < 1.29 is 8.42 Å². The summed E-state index contributed by atoms with van der Waals surface area (Å²) in [4.78, 5) is 4.28. The zero-order valence-electron chi connectivity index (χ0n) is 13.2. The summed E-state index contributed by atoms with van der Waals surface area (Å²) in [7, 11) is -3.44. The molecule has 0 spiro atoms. The third kappa shape index (κ3) is 2.16. The van der Waals surface area contributed by atoms with Gasteiger partial charge in [-0.2, -0.15) is 0 Å². The van der Waals surface area contributed by atoms with Crippen LogP contribution in [0.2, 0.25) is 0 Å². The standard InChI is InChI=1S/C12H8O2S.C8H6N.Bi/c13-15(14,11-7-3-1-4-8-11)12-9-5-2-6-10-12;1-2-4-8-7(3-1)5-6-9-8;/h1-7,9H;1-2,4-6,9H;. The molecule has 0 saturated heterocycles. The Bertz CT molecular complexity index is 1170. The summed E-state index contributed by atoms with van der Waals surface area (Å²) in [5.41, 5.74) is 1.11. The summed E-state index contributed by atoms with van der Waals surface area (Å²) in [5, 5.41) is 1.21. The Balaban J connectivity index is 1.92. The molecule has 3 nitrogen and oxygen atoms in total. The molecule has 0 unspecified atom stereocenters. The van der Waals surface area contributed by atoms with Gasteiger partial charge in [0.25, 0.3) is 0 Å². The predicted molar refractivity (Wildman–Crippen MR) is 101 cm³/mol. The number of aromatic amines is 1. The van der Waals surface area contributed by atoms with E-state index in [9.17, 15) is 8.42 Å². The normalized spacial score (nSPS) is 15.7. The zero-order chi connectivity index (χ0) is 17.0. The second-order valence-electron chi connectivity index (χ2n) is 5.99. The number of rotatable bonds is 1. The quantitative estimate of drug-likeness (QED) is 0.330. The van der Waals surface area contributed by atoms with Gasteiger partial charge in [-0.3, -0.25) is 0 Å². The van der Waals surface area contributed by atoms with E-state index in [0.717, 1.165) is 12.1 Å². The average molecular weight is 541 g/mol. The van der Waals surface area contributed by atoms with E-state index in [4.69, 9.17) is 0 Å². The van der Waals surface area contributed by atoms with Crippen LogP contribution >= 0.6 is 0 Å². The molecule has 0 fully saturated rings. The van der Waals surface area contributed by atoms with Gasteiger partial charge in [0, 0.05) is 0 Å². The summed E-state index contributed by atoms with van der Waals surface area (Å²) >= 11 is -2.71. The molecule has 5 heteroatoms. The number of nitrogens with one attached hydrogen (secondary N) is 1. The van der Waals surface area contributed by atoms with Gasteiger partial charge in [0.2, 0.25) is 0 Å². The third-order valence-electron chi connectivity index (χ3n) is 4.60. The molecule has 1 aromatic heterocycles. The van der Waals surface area contributed by atoms with Crippen LogP contribution in [0.1, 0.15) is 0 Å². The number of fused-ring (bicyclic) bond motifs is 3. The van der Waals surface area contributed by atoms with Gasteiger partial charge in [-0.05, 0) is 0 Å². The maximum absolute atomic E-state index is 13.1. The van der Waals surface area contributed by atoms with Gasteiger partial charge in [-0.25, -0.2) is 0 Å². The molecule has 0 atom stereocenters. The molecule has 4 aromatic rings. The summed E-state index contributed by atoms with van der Waals surface area (Å²) < 4.78 is 29.6. The van der Waals surface area contributed by atoms with Gasteiger partial charge in [-0.15, -0.1) is 0 Å². The van der Waals surface area contributed by atoms with Crippen molar-refractivity contribution >= 4 is 52.3 Å². The van der Waals surface area contributed by atoms with Crippen LogP contribution in [0.3, 0.4) is 0 Å². The fourth-order valence-corrected chi connectivity index (χ4v) is 19.1. The Kier molecular flexibility index (Phi) is 3.38. The molecular formula is C20H14BiNO2S. The van der Waals surface area contributed by atoms with E-state index in [1.807, 2.05) is 42.6 Å². The second kappa shape index (κ2) is 5.52. The molecule has 1 N–H and O–H groups in total. The van der Waals surface area contributed by atoms with Crippen LogP contribution in [0.15, 0.2) is 88.8 Å². The first-order chi connectivity index (χ1) is 12.2. The number of hydrogen-bond acceptors (Lipinski definition) is 2. The molecule has 1 aliphatic heterocycles. The van der Waals surface area contributed by atoms with E-state index in [0.29, 0.717) is 9.79 Å². The zero-order valence-corrected chi connectivity index (χ0v) is 17.5. The second-order valence-corrected chi connectivity index (χ2v) is 16.1. The molecule has 122 valence electrons. The van der Waals surface area contributed by atoms with Crippen LogP contribution in [-0.4, -0.2) is 35.2 Å². The minimum atomic E-state index is -3.44. The van der Waals surface area contributed by atoms with E-state index >= 15 is 0 Å². The van der Waals surface area contributed by atoms with E-state index in [-0.39, 0.29) is 0 Å². The van der Waals surface area contributed by atoms with Crippen LogP contribution in [0, 0.1) is 0 Å². The van der Waals surface area contributed by atoms with Gasteiger partial charge >= 0.3 is 154 Å². The van der Waals surface area contributed by atoms with Crippen molar-refractivity contribution in [2.24, 2.45) is 0 Å². The molecule has 0 saturated carbocycles. The van der Waals surface area contributed by atoms with E-state index in [1.165, 1.54) is 8.66 Å². The van der Waals surface area contributed by atoms with Gasteiger partial charge in [-0.1, -0.05) is 0 Å². The Morgan fingerprint density at radius 2 is 1.28 bits per heavy atom. The molecule has 1 aliphatic rings. The van der Waals surface area contributed by atoms with Crippen molar-refractivity contribution in [1.29, 1.82) is 0 Å². The van der Waals surface area contributed by atoms with Crippen molar-refractivity contribution in [3.05, 3.63) is 79.0 Å². The van der Waals surface area contributed by atoms with Crippen LogP contribution in [0.4, 0.5) is 0 Å². The molecule has 25 heavy (non-hydrogen) atoms.